The highest BCUT2D eigenvalue weighted by atomic mass is 32.2. The van der Waals surface area contributed by atoms with Crippen molar-refractivity contribution in [3.05, 3.63) is 29.8 Å². The number of hydrogen-bond donors (Lipinski definition) is 1. The molecule has 1 fully saturated rings. The summed E-state index contributed by atoms with van der Waals surface area (Å²) in [4.78, 5) is 25.6. The van der Waals surface area contributed by atoms with Gasteiger partial charge in [-0.1, -0.05) is 6.92 Å². The van der Waals surface area contributed by atoms with Gasteiger partial charge in [-0.15, -0.1) is 0 Å². The van der Waals surface area contributed by atoms with Crippen LogP contribution in [0.5, 0.6) is 0 Å². The molecule has 1 aromatic carbocycles. The Bertz CT molecular complexity index is 710. The topological polar surface area (TPSA) is 91.8 Å². The molecule has 0 aromatic heterocycles. The predicted molar refractivity (Wildman–Crippen MR) is 85.0 cm³/mol. The third kappa shape index (κ3) is 3.55. The van der Waals surface area contributed by atoms with E-state index in [9.17, 15) is 23.1 Å². The van der Waals surface area contributed by atoms with Crippen molar-refractivity contribution in [2.45, 2.75) is 31.6 Å². The largest absolute Gasteiger partial charge is 0.481 e. The van der Waals surface area contributed by atoms with Crippen LogP contribution in [0.15, 0.2) is 29.2 Å². The van der Waals surface area contributed by atoms with Gasteiger partial charge in [-0.25, -0.2) is 8.42 Å². The van der Waals surface area contributed by atoms with Gasteiger partial charge in [-0.2, -0.15) is 0 Å². The number of sulfone groups is 1. The highest BCUT2D eigenvalue weighted by molar-refractivity contribution is 7.91. The lowest BCUT2D eigenvalue weighted by Gasteiger charge is -2.37. The zero-order valence-corrected chi connectivity index (χ0v) is 14.1. The zero-order chi connectivity index (χ0) is 17.3. The normalized spacial score (nSPS) is 21.9. The number of rotatable bonds is 4. The molecule has 0 spiro atoms. The molecule has 23 heavy (non-hydrogen) atoms. The van der Waals surface area contributed by atoms with Crippen LogP contribution in [0.2, 0.25) is 0 Å². The van der Waals surface area contributed by atoms with E-state index in [1.54, 1.807) is 13.8 Å². The van der Waals surface area contributed by atoms with Crippen LogP contribution >= 0.6 is 0 Å². The molecule has 1 aliphatic rings. The van der Waals surface area contributed by atoms with Crippen molar-refractivity contribution < 1.29 is 23.1 Å². The van der Waals surface area contributed by atoms with Crippen molar-refractivity contribution >= 4 is 21.7 Å². The fourth-order valence-electron chi connectivity index (χ4n) is 2.74. The number of carbonyl (C=O) groups is 2. The van der Waals surface area contributed by atoms with Crippen LogP contribution in [-0.4, -0.2) is 49.1 Å². The lowest BCUT2D eigenvalue weighted by Crippen LogP contribution is -2.48. The molecule has 0 bridgehead atoms. The van der Waals surface area contributed by atoms with E-state index in [1.165, 1.54) is 29.2 Å². The van der Waals surface area contributed by atoms with Gasteiger partial charge in [0.2, 0.25) is 0 Å². The summed E-state index contributed by atoms with van der Waals surface area (Å²) in [5.41, 5.74) is -0.561. The first kappa shape index (κ1) is 17.5. The van der Waals surface area contributed by atoms with Crippen LogP contribution in [-0.2, 0) is 14.6 Å². The number of carboxylic acid groups (broad SMARTS) is 1. The van der Waals surface area contributed by atoms with Crippen molar-refractivity contribution in [3.8, 4) is 0 Å². The van der Waals surface area contributed by atoms with E-state index in [4.69, 9.17) is 0 Å². The molecule has 126 valence electrons. The van der Waals surface area contributed by atoms with Crippen LogP contribution in [0, 0.1) is 5.41 Å². The Hall–Kier alpha value is -1.89. The highest BCUT2D eigenvalue weighted by Crippen LogP contribution is 2.30. The van der Waals surface area contributed by atoms with E-state index in [0.29, 0.717) is 24.9 Å². The molecule has 1 aliphatic heterocycles. The van der Waals surface area contributed by atoms with Gasteiger partial charge in [-0.05, 0) is 44.0 Å². The van der Waals surface area contributed by atoms with Crippen LogP contribution < -0.4 is 0 Å². The van der Waals surface area contributed by atoms with Crippen molar-refractivity contribution in [2.75, 3.05) is 18.8 Å². The van der Waals surface area contributed by atoms with Crippen molar-refractivity contribution in [2.24, 2.45) is 5.41 Å². The summed E-state index contributed by atoms with van der Waals surface area (Å²) < 4.78 is 23.6. The number of carboxylic acids is 1. The van der Waals surface area contributed by atoms with Gasteiger partial charge in [0, 0.05) is 18.7 Å². The van der Waals surface area contributed by atoms with Crippen LogP contribution in [0.4, 0.5) is 0 Å². The molecule has 1 heterocycles. The molecule has 1 aromatic rings. The van der Waals surface area contributed by atoms with E-state index in [1.807, 2.05) is 0 Å². The smallest absolute Gasteiger partial charge is 0.311 e. The molecule has 0 aliphatic carbocycles. The maximum absolute atomic E-state index is 12.5. The zero-order valence-electron chi connectivity index (χ0n) is 13.3. The Labute approximate surface area is 136 Å². The Morgan fingerprint density at radius 3 is 2.39 bits per heavy atom. The molecule has 6 nitrogen and oxygen atoms in total. The van der Waals surface area contributed by atoms with Gasteiger partial charge in [0.05, 0.1) is 16.1 Å². The molecule has 1 saturated heterocycles. The Balaban J connectivity index is 2.19. The first-order valence-electron chi connectivity index (χ1n) is 7.55. The minimum absolute atomic E-state index is 0.00336. The number of carbonyl (C=O) groups excluding carboxylic acids is 1. The van der Waals surface area contributed by atoms with Gasteiger partial charge in [0.25, 0.3) is 5.91 Å². The molecule has 1 N–H and O–H groups in total. The number of hydrogen-bond acceptors (Lipinski definition) is 4. The van der Waals surface area contributed by atoms with Gasteiger partial charge < -0.3 is 10.0 Å². The standard InChI is InChI=1S/C16H21NO5S/c1-3-23(21,22)13-7-5-12(6-8-13)14(18)17-10-4-9-16(2,11-17)15(19)20/h5-8H,3-4,9-11H2,1-2H3,(H,19,20). The fraction of sp³-hybridized carbons (Fsp3) is 0.500. The maximum atomic E-state index is 12.5. The molecule has 0 radical (unpaired) electrons. The monoisotopic (exact) mass is 339 g/mol. The van der Waals surface area contributed by atoms with Gasteiger partial charge >= 0.3 is 5.97 Å². The summed E-state index contributed by atoms with van der Waals surface area (Å²) in [6, 6.07) is 5.81. The summed E-state index contributed by atoms with van der Waals surface area (Å²) in [6.45, 7) is 3.88. The van der Waals surface area contributed by atoms with Crippen LogP contribution in [0.1, 0.15) is 37.0 Å². The first-order valence-corrected chi connectivity index (χ1v) is 9.20. The average molecular weight is 339 g/mol. The summed E-state index contributed by atoms with van der Waals surface area (Å²) >= 11 is 0. The van der Waals surface area contributed by atoms with Crippen LogP contribution in [0.25, 0.3) is 0 Å². The van der Waals surface area contributed by atoms with Gasteiger partial charge in [-0.3, -0.25) is 9.59 Å². The maximum Gasteiger partial charge on any atom is 0.311 e. The summed E-state index contributed by atoms with van der Waals surface area (Å²) in [5, 5.41) is 9.32. The number of likely N-dealkylation sites (tertiary alicyclic amines) is 1. The van der Waals surface area contributed by atoms with Gasteiger partial charge in [0.15, 0.2) is 9.84 Å². The fourth-order valence-corrected chi connectivity index (χ4v) is 3.63. The summed E-state index contributed by atoms with van der Waals surface area (Å²) in [6.07, 6.45) is 1.18. The van der Waals surface area contributed by atoms with E-state index in [0.717, 1.165) is 0 Å². The highest BCUT2D eigenvalue weighted by Gasteiger charge is 2.39. The van der Waals surface area contributed by atoms with E-state index in [-0.39, 0.29) is 23.1 Å². The van der Waals surface area contributed by atoms with Crippen molar-refractivity contribution in [1.82, 2.24) is 4.90 Å². The molecule has 2 rings (SSSR count). The molecule has 1 unspecified atom stereocenters. The van der Waals surface area contributed by atoms with E-state index in [2.05, 4.69) is 0 Å². The Morgan fingerprint density at radius 1 is 1.26 bits per heavy atom. The first-order chi connectivity index (χ1) is 10.7. The second kappa shape index (κ2) is 6.31. The number of benzene rings is 1. The molecule has 1 amide bonds. The quantitative estimate of drug-likeness (QED) is 0.903. The Morgan fingerprint density at radius 2 is 1.87 bits per heavy atom. The summed E-state index contributed by atoms with van der Waals surface area (Å²) in [5.74, 6) is -1.17. The molecular formula is C16H21NO5S. The lowest BCUT2D eigenvalue weighted by atomic mass is 9.82. The van der Waals surface area contributed by atoms with Crippen molar-refractivity contribution in [3.63, 3.8) is 0 Å². The third-order valence-corrected chi connectivity index (χ3v) is 6.09. The van der Waals surface area contributed by atoms with Crippen LogP contribution in [0.3, 0.4) is 0 Å². The number of aliphatic carboxylic acids is 1. The molecule has 1 atom stereocenters. The summed E-state index contributed by atoms with van der Waals surface area (Å²) in [7, 11) is -3.30. The second-order valence-corrected chi connectivity index (χ2v) is 8.40. The third-order valence-electron chi connectivity index (χ3n) is 4.34. The predicted octanol–water partition coefficient (Wildman–Crippen LogP) is 1.81. The Kier molecular flexibility index (Phi) is 4.79. The molecule has 0 saturated carbocycles. The molecular weight excluding hydrogens is 318 g/mol. The lowest BCUT2D eigenvalue weighted by molar-refractivity contribution is -0.150. The average Bonchev–Trinajstić information content (AvgIpc) is 2.54. The minimum atomic E-state index is -3.30. The van der Waals surface area contributed by atoms with Crippen molar-refractivity contribution in [1.29, 1.82) is 0 Å². The SMILES string of the molecule is CCS(=O)(=O)c1ccc(C(=O)N2CCCC(C)(C(=O)O)C2)cc1. The van der Waals surface area contributed by atoms with Gasteiger partial charge in [0.1, 0.15) is 0 Å². The second-order valence-electron chi connectivity index (χ2n) is 6.12. The number of amides is 1. The molecule has 7 heteroatoms. The van der Waals surface area contributed by atoms with E-state index < -0.39 is 21.2 Å². The van der Waals surface area contributed by atoms with E-state index >= 15 is 0 Å². The number of nitrogens with zero attached hydrogens (tertiary/aromatic N) is 1. The minimum Gasteiger partial charge on any atom is -0.481 e. The number of piperidine rings is 1.